The predicted octanol–water partition coefficient (Wildman–Crippen LogP) is 1.42. The highest BCUT2D eigenvalue weighted by molar-refractivity contribution is 5.21. The van der Waals surface area contributed by atoms with Crippen LogP contribution in [0.2, 0.25) is 0 Å². The van der Waals surface area contributed by atoms with Gasteiger partial charge in [0, 0.05) is 11.1 Å². The number of rotatable bonds is 1. The number of hydrogen-bond donors (Lipinski definition) is 0. The SMILES string of the molecule is [N-]=[N+]=Nc1ccncn1. The Morgan fingerprint density at radius 3 is 3.11 bits per heavy atom. The van der Waals surface area contributed by atoms with Crippen molar-refractivity contribution in [3.63, 3.8) is 0 Å². The average molecular weight is 121 g/mol. The molecule has 0 spiro atoms. The van der Waals surface area contributed by atoms with Gasteiger partial charge in [0.15, 0.2) is 0 Å². The monoisotopic (exact) mass is 121 g/mol. The van der Waals surface area contributed by atoms with Gasteiger partial charge in [0.05, 0.1) is 0 Å². The Bertz CT molecular complexity index is 224. The summed E-state index contributed by atoms with van der Waals surface area (Å²) < 4.78 is 0. The topological polar surface area (TPSA) is 74.5 Å². The van der Waals surface area contributed by atoms with Gasteiger partial charge in [0.25, 0.3) is 0 Å². The van der Waals surface area contributed by atoms with Gasteiger partial charge < -0.3 is 0 Å². The molecule has 0 fully saturated rings. The lowest BCUT2D eigenvalue weighted by molar-refractivity contribution is 1.14. The molecular formula is C4H3N5. The molecule has 0 amide bonds. The minimum Gasteiger partial charge on any atom is -0.245 e. The molecule has 5 nitrogen and oxygen atoms in total. The van der Waals surface area contributed by atoms with Crippen LogP contribution in [-0.4, -0.2) is 9.97 Å². The lowest BCUT2D eigenvalue weighted by Gasteiger charge is -1.82. The molecule has 1 aromatic rings. The van der Waals surface area contributed by atoms with E-state index >= 15 is 0 Å². The first-order valence-electron chi connectivity index (χ1n) is 2.24. The fourth-order valence-electron chi connectivity index (χ4n) is 0.389. The van der Waals surface area contributed by atoms with Crippen LogP contribution in [0.25, 0.3) is 10.4 Å². The molecule has 0 unspecified atom stereocenters. The highest BCUT2D eigenvalue weighted by atomic mass is 15.2. The van der Waals surface area contributed by atoms with Gasteiger partial charge in [-0.05, 0) is 16.7 Å². The summed E-state index contributed by atoms with van der Waals surface area (Å²) in [6.07, 6.45) is 2.83. The zero-order valence-corrected chi connectivity index (χ0v) is 4.47. The first-order chi connectivity index (χ1) is 4.43. The third-order valence-electron chi connectivity index (χ3n) is 0.714. The summed E-state index contributed by atoms with van der Waals surface area (Å²) in [7, 11) is 0. The fraction of sp³-hybridized carbons (Fsp3) is 0. The van der Waals surface area contributed by atoms with Gasteiger partial charge in [-0.15, -0.1) is 0 Å². The molecule has 0 aliphatic carbocycles. The normalized spacial score (nSPS) is 8.00. The highest BCUT2D eigenvalue weighted by Crippen LogP contribution is 2.01. The molecule has 0 aromatic carbocycles. The minimum atomic E-state index is 0.340. The Morgan fingerprint density at radius 1 is 1.67 bits per heavy atom. The molecule has 1 rings (SSSR count). The summed E-state index contributed by atoms with van der Waals surface area (Å²) in [4.78, 5) is 9.81. The Balaban J connectivity index is 2.97. The predicted molar refractivity (Wildman–Crippen MR) is 30.8 cm³/mol. The summed E-state index contributed by atoms with van der Waals surface area (Å²) in [5.41, 5.74) is 7.92. The second kappa shape index (κ2) is 2.64. The number of azide groups is 1. The van der Waals surface area contributed by atoms with E-state index in [2.05, 4.69) is 20.0 Å². The fourth-order valence-corrected chi connectivity index (χ4v) is 0.389. The summed E-state index contributed by atoms with van der Waals surface area (Å²) in [6, 6.07) is 1.53. The molecule has 44 valence electrons. The highest BCUT2D eigenvalue weighted by Gasteiger charge is 1.81. The van der Waals surface area contributed by atoms with Crippen LogP contribution < -0.4 is 0 Å². The van der Waals surface area contributed by atoms with Gasteiger partial charge in [-0.1, -0.05) is 0 Å². The molecule has 0 N–H and O–H groups in total. The molecule has 0 radical (unpaired) electrons. The summed E-state index contributed by atoms with van der Waals surface area (Å²) in [6.45, 7) is 0. The van der Waals surface area contributed by atoms with E-state index in [1.54, 1.807) is 0 Å². The van der Waals surface area contributed by atoms with Gasteiger partial charge in [-0.2, -0.15) is 0 Å². The Hall–Kier alpha value is -1.61. The molecule has 0 aliphatic heterocycles. The van der Waals surface area contributed by atoms with Gasteiger partial charge >= 0.3 is 0 Å². The van der Waals surface area contributed by atoms with E-state index in [9.17, 15) is 0 Å². The molecule has 0 saturated carbocycles. The van der Waals surface area contributed by atoms with Crippen molar-refractivity contribution >= 4 is 5.82 Å². The maximum absolute atomic E-state index is 7.92. The van der Waals surface area contributed by atoms with Crippen molar-refractivity contribution < 1.29 is 0 Å². The second-order valence-corrected chi connectivity index (χ2v) is 1.26. The quantitative estimate of drug-likeness (QED) is 0.320. The summed E-state index contributed by atoms with van der Waals surface area (Å²) in [5.74, 6) is 0.340. The molecular weight excluding hydrogens is 118 g/mol. The molecule has 0 aliphatic rings. The molecule has 1 aromatic heterocycles. The van der Waals surface area contributed by atoms with E-state index in [1.165, 1.54) is 18.6 Å². The third kappa shape index (κ3) is 1.40. The van der Waals surface area contributed by atoms with Crippen LogP contribution in [0, 0.1) is 0 Å². The van der Waals surface area contributed by atoms with E-state index in [0.717, 1.165) is 0 Å². The van der Waals surface area contributed by atoms with E-state index in [0.29, 0.717) is 5.82 Å². The maximum atomic E-state index is 7.92. The Morgan fingerprint density at radius 2 is 2.56 bits per heavy atom. The van der Waals surface area contributed by atoms with E-state index < -0.39 is 0 Å². The van der Waals surface area contributed by atoms with Crippen molar-refractivity contribution in [3.05, 3.63) is 29.0 Å². The van der Waals surface area contributed by atoms with Crippen LogP contribution in [0.15, 0.2) is 23.7 Å². The van der Waals surface area contributed by atoms with Crippen molar-refractivity contribution in [1.82, 2.24) is 9.97 Å². The maximum Gasteiger partial charge on any atom is 0.130 e. The third-order valence-corrected chi connectivity index (χ3v) is 0.714. The van der Waals surface area contributed by atoms with Gasteiger partial charge in [0.1, 0.15) is 12.1 Å². The number of aromatic nitrogens is 2. The summed E-state index contributed by atoms with van der Waals surface area (Å²) in [5, 5.41) is 3.24. The van der Waals surface area contributed by atoms with Crippen molar-refractivity contribution in [2.45, 2.75) is 0 Å². The molecule has 9 heavy (non-hydrogen) atoms. The molecule has 0 atom stereocenters. The van der Waals surface area contributed by atoms with Crippen LogP contribution in [-0.2, 0) is 0 Å². The zero-order chi connectivity index (χ0) is 6.53. The van der Waals surface area contributed by atoms with Crippen molar-refractivity contribution in [3.8, 4) is 0 Å². The van der Waals surface area contributed by atoms with Crippen molar-refractivity contribution in [2.75, 3.05) is 0 Å². The van der Waals surface area contributed by atoms with Crippen LogP contribution >= 0.6 is 0 Å². The molecule has 5 heteroatoms. The van der Waals surface area contributed by atoms with Gasteiger partial charge in [-0.25, -0.2) is 9.97 Å². The number of nitrogens with zero attached hydrogens (tertiary/aromatic N) is 5. The first kappa shape index (κ1) is 5.53. The van der Waals surface area contributed by atoms with Crippen LogP contribution in [0.1, 0.15) is 0 Å². The molecule has 1 heterocycles. The zero-order valence-electron chi connectivity index (χ0n) is 4.47. The van der Waals surface area contributed by atoms with E-state index in [-0.39, 0.29) is 0 Å². The van der Waals surface area contributed by atoms with Gasteiger partial charge in [0.2, 0.25) is 0 Å². The average Bonchev–Trinajstić information content (AvgIpc) is 1.91. The molecule has 0 bridgehead atoms. The van der Waals surface area contributed by atoms with Crippen molar-refractivity contribution in [1.29, 1.82) is 0 Å². The Labute approximate surface area is 51.0 Å². The second-order valence-electron chi connectivity index (χ2n) is 1.26. The lowest BCUT2D eigenvalue weighted by Crippen LogP contribution is -1.71. The first-order valence-corrected chi connectivity index (χ1v) is 2.24. The van der Waals surface area contributed by atoms with E-state index in [4.69, 9.17) is 5.53 Å². The van der Waals surface area contributed by atoms with Crippen LogP contribution in [0.5, 0.6) is 0 Å². The van der Waals surface area contributed by atoms with Crippen LogP contribution in [0.3, 0.4) is 0 Å². The smallest absolute Gasteiger partial charge is 0.130 e. The Kier molecular flexibility index (Phi) is 1.62. The largest absolute Gasteiger partial charge is 0.245 e. The van der Waals surface area contributed by atoms with Crippen molar-refractivity contribution in [2.24, 2.45) is 5.11 Å². The standard InChI is InChI=1S/C4H3N5/c5-9-8-4-1-2-6-3-7-4/h1-3H. The lowest BCUT2D eigenvalue weighted by atomic mass is 10.6. The molecule has 0 saturated heterocycles. The summed E-state index contributed by atoms with van der Waals surface area (Å²) >= 11 is 0. The minimum absolute atomic E-state index is 0.340. The van der Waals surface area contributed by atoms with Gasteiger partial charge in [-0.3, -0.25) is 0 Å². The van der Waals surface area contributed by atoms with E-state index in [1.807, 2.05) is 0 Å². The van der Waals surface area contributed by atoms with Crippen LogP contribution in [0.4, 0.5) is 5.82 Å². The number of hydrogen-bond acceptors (Lipinski definition) is 3.